The first kappa shape index (κ1) is 9.19. The topological polar surface area (TPSA) is 55.1 Å². The molecule has 0 spiro atoms. The Morgan fingerprint density at radius 2 is 2.17 bits per heavy atom. The molecule has 66 valence electrons. The summed E-state index contributed by atoms with van der Waals surface area (Å²) in [4.78, 5) is 11.2. The van der Waals surface area contributed by atoms with Gasteiger partial charge in [-0.2, -0.15) is 0 Å². The van der Waals surface area contributed by atoms with Gasteiger partial charge in [0.1, 0.15) is 0 Å². The van der Waals surface area contributed by atoms with Crippen molar-refractivity contribution in [3.05, 3.63) is 11.8 Å². The zero-order chi connectivity index (χ0) is 8.97. The van der Waals surface area contributed by atoms with Gasteiger partial charge in [-0.15, -0.1) is 0 Å². The van der Waals surface area contributed by atoms with Gasteiger partial charge in [0.15, 0.2) is 10.9 Å². The van der Waals surface area contributed by atoms with E-state index in [9.17, 15) is 4.79 Å². The summed E-state index contributed by atoms with van der Waals surface area (Å²) in [6.45, 7) is 0. The minimum absolute atomic E-state index is 0.209. The fourth-order valence-electron chi connectivity index (χ4n) is 1.21. The molecule has 3 N–H and O–H groups in total. The van der Waals surface area contributed by atoms with Crippen molar-refractivity contribution in [1.82, 2.24) is 5.32 Å². The summed E-state index contributed by atoms with van der Waals surface area (Å²) in [6, 6.07) is 0. The maximum absolute atomic E-state index is 11.2. The van der Waals surface area contributed by atoms with Crippen LogP contribution in [-0.4, -0.2) is 10.9 Å². The van der Waals surface area contributed by atoms with E-state index in [4.69, 9.17) is 5.73 Å². The molecule has 0 atom stereocenters. The molecular formula is C8H12N2OS. The zero-order valence-electron chi connectivity index (χ0n) is 6.80. The average molecular weight is 184 g/mol. The summed E-state index contributed by atoms with van der Waals surface area (Å²) in [7, 11) is 0. The van der Waals surface area contributed by atoms with Crippen LogP contribution in [-0.2, 0) is 4.79 Å². The van der Waals surface area contributed by atoms with Crippen LogP contribution in [0.2, 0.25) is 0 Å². The van der Waals surface area contributed by atoms with E-state index in [1.54, 1.807) is 6.20 Å². The van der Waals surface area contributed by atoms with Gasteiger partial charge in [-0.3, -0.25) is 4.79 Å². The molecule has 3 nitrogen and oxygen atoms in total. The molecule has 1 aliphatic rings. The van der Waals surface area contributed by atoms with Crippen LogP contribution < -0.4 is 11.1 Å². The molecule has 0 saturated heterocycles. The fraction of sp³-hybridized carbons (Fsp3) is 0.500. The summed E-state index contributed by atoms with van der Waals surface area (Å²) in [5, 5.41) is 2.88. The predicted octanol–water partition coefficient (Wildman–Crippen LogP) is 0.847. The molecule has 1 rings (SSSR count). The van der Waals surface area contributed by atoms with Gasteiger partial charge < -0.3 is 11.1 Å². The lowest BCUT2D eigenvalue weighted by molar-refractivity contribution is -0.116. The Bertz CT molecular complexity index is 235. The molecule has 1 saturated carbocycles. The van der Waals surface area contributed by atoms with E-state index in [2.05, 4.69) is 17.5 Å². The Kier molecular flexibility index (Phi) is 3.22. The van der Waals surface area contributed by atoms with Crippen molar-refractivity contribution in [2.75, 3.05) is 0 Å². The van der Waals surface area contributed by atoms with Crippen LogP contribution in [0.4, 0.5) is 0 Å². The van der Waals surface area contributed by atoms with E-state index >= 15 is 0 Å². The monoisotopic (exact) mass is 184 g/mol. The number of carbonyl (C=O) groups excluding carboxylic acids is 1. The van der Waals surface area contributed by atoms with E-state index in [1.807, 2.05) is 0 Å². The van der Waals surface area contributed by atoms with Crippen LogP contribution in [0.15, 0.2) is 11.8 Å². The van der Waals surface area contributed by atoms with E-state index in [0.717, 1.165) is 24.8 Å². The Hall–Kier alpha value is -0.900. The van der Waals surface area contributed by atoms with Crippen molar-refractivity contribution in [1.29, 1.82) is 0 Å². The molecule has 0 aromatic rings. The van der Waals surface area contributed by atoms with Gasteiger partial charge in [-0.1, -0.05) is 0 Å². The number of ketones is 1. The third-order valence-electron chi connectivity index (χ3n) is 1.85. The van der Waals surface area contributed by atoms with Gasteiger partial charge in [0.2, 0.25) is 0 Å². The summed E-state index contributed by atoms with van der Waals surface area (Å²) in [6.07, 6.45) is 5.21. The standard InChI is InChI=1S/C8H12N2OS/c9-8(12)10-5-6-3-1-2-4-7(6)11/h5H,1-4H2,(H3,9,10,12)/b6-5-. The van der Waals surface area contributed by atoms with Gasteiger partial charge in [-0.05, 0) is 31.5 Å². The maximum Gasteiger partial charge on any atom is 0.167 e. The van der Waals surface area contributed by atoms with Crippen LogP contribution in [0.1, 0.15) is 25.7 Å². The SMILES string of the molecule is NC(=S)N/C=C1/CCCCC1=O. The second-order valence-electron chi connectivity index (χ2n) is 2.81. The summed E-state index contributed by atoms with van der Waals surface area (Å²) in [5.74, 6) is 0.213. The van der Waals surface area contributed by atoms with Crippen molar-refractivity contribution < 1.29 is 4.79 Å². The van der Waals surface area contributed by atoms with Crippen molar-refractivity contribution in [2.24, 2.45) is 5.73 Å². The summed E-state index contributed by atoms with van der Waals surface area (Å²) >= 11 is 4.61. The Morgan fingerprint density at radius 3 is 2.75 bits per heavy atom. The number of thiocarbonyl (C=S) groups is 1. The minimum Gasteiger partial charge on any atom is -0.376 e. The maximum atomic E-state index is 11.2. The Morgan fingerprint density at radius 1 is 1.50 bits per heavy atom. The average Bonchev–Trinajstić information content (AvgIpc) is 2.03. The zero-order valence-corrected chi connectivity index (χ0v) is 7.62. The highest BCUT2D eigenvalue weighted by molar-refractivity contribution is 7.80. The third-order valence-corrected chi connectivity index (χ3v) is 1.96. The lowest BCUT2D eigenvalue weighted by atomic mass is 9.94. The van der Waals surface area contributed by atoms with Crippen LogP contribution in [0.25, 0.3) is 0 Å². The molecule has 12 heavy (non-hydrogen) atoms. The van der Waals surface area contributed by atoms with Crippen LogP contribution in [0.3, 0.4) is 0 Å². The lowest BCUT2D eigenvalue weighted by Crippen LogP contribution is -2.25. The fourth-order valence-corrected chi connectivity index (χ4v) is 1.27. The first-order valence-corrected chi connectivity index (χ1v) is 4.39. The lowest BCUT2D eigenvalue weighted by Gasteiger charge is -2.12. The van der Waals surface area contributed by atoms with Gasteiger partial charge in [0.05, 0.1) is 0 Å². The van der Waals surface area contributed by atoms with Crippen LogP contribution in [0.5, 0.6) is 0 Å². The van der Waals surface area contributed by atoms with E-state index in [0.29, 0.717) is 6.42 Å². The van der Waals surface area contributed by atoms with Gasteiger partial charge in [0, 0.05) is 18.2 Å². The van der Waals surface area contributed by atoms with Crippen LogP contribution >= 0.6 is 12.2 Å². The Balaban J connectivity index is 2.53. The highest BCUT2D eigenvalue weighted by atomic mass is 32.1. The molecule has 0 unspecified atom stereocenters. The number of nitrogens with two attached hydrogens (primary N) is 1. The molecule has 1 fully saturated rings. The third kappa shape index (κ3) is 2.62. The molecule has 0 amide bonds. The van der Waals surface area contributed by atoms with Crippen LogP contribution in [0, 0.1) is 0 Å². The number of carbonyl (C=O) groups is 1. The number of nitrogens with one attached hydrogen (secondary N) is 1. The van der Waals surface area contributed by atoms with Gasteiger partial charge in [0.25, 0.3) is 0 Å². The number of hydrogen-bond donors (Lipinski definition) is 2. The molecule has 1 aliphatic carbocycles. The Labute approximate surface area is 77.0 Å². The molecule has 0 bridgehead atoms. The summed E-state index contributed by atoms with van der Waals surface area (Å²) < 4.78 is 0. The first-order valence-electron chi connectivity index (χ1n) is 3.98. The second-order valence-corrected chi connectivity index (χ2v) is 3.25. The minimum atomic E-state index is 0.209. The highest BCUT2D eigenvalue weighted by Crippen LogP contribution is 2.18. The first-order chi connectivity index (χ1) is 5.70. The number of hydrogen-bond acceptors (Lipinski definition) is 2. The van der Waals surface area contributed by atoms with Crippen molar-refractivity contribution in [3.63, 3.8) is 0 Å². The molecule has 0 aromatic heterocycles. The number of Topliss-reactive ketones (excluding diaryl/α,β-unsaturated/α-hetero) is 1. The predicted molar refractivity (Wildman–Crippen MR) is 51.5 cm³/mol. The number of allylic oxidation sites excluding steroid dienone is 1. The second kappa shape index (κ2) is 4.21. The van der Waals surface area contributed by atoms with Gasteiger partial charge >= 0.3 is 0 Å². The van der Waals surface area contributed by atoms with Gasteiger partial charge in [-0.25, -0.2) is 0 Å². The quantitative estimate of drug-likeness (QED) is 0.468. The molecule has 0 aliphatic heterocycles. The summed E-state index contributed by atoms with van der Waals surface area (Å²) in [5.41, 5.74) is 6.03. The normalized spacial score (nSPS) is 21.0. The molecule has 0 heterocycles. The van der Waals surface area contributed by atoms with Crippen molar-refractivity contribution >= 4 is 23.1 Å². The van der Waals surface area contributed by atoms with Crippen molar-refractivity contribution in [3.8, 4) is 0 Å². The van der Waals surface area contributed by atoms with E-state index in [-0.39, 0.29) is 10.9 Å². The number of rotatable bonds is 1. The molecule has 0 radical (unpaired) electrons. The molecule has 0 aromatic carbocycles. The van der Waals surface area contributed by atoms with E-state index < -0.39 is 0 Å². The highest BCUT2D eigenvalue weighted by Gasteiger charge is 2.13. The smallest absolute Gasteiger partial charge is 0.167 e. The largest absolute Gasteiger partial charge is 0.376 e. The molecule has 4 heteroatoms. The van der Waals surface area contributed by atoms with Crippen molar-refractivity contribution in [2.45, 2.75) is 25.7 Å². The van der Waals surface area contributed by atoms with E-state index in [1.165, 1.54) is 0 Å². The molecular weight excluding hydrogens is 172 g/mol.